The Morgan fingerprint density at radius 2 is 1.86 bits per heavy atom. The van der Waals surface area contributed by atoms with Crippen LogP contribution in [0.15, 0.2) is 72.8 Å². The van der Waals surface area contributed by atoms with Crippen LogP contribution in [0.25, 0.3) is 20.8 Å². The summed E-state index contributed by atoms with van der Waals surface area (Å²) in [5.74, 6) is 2.91. The van der Waals surface area contributed by atoms with Crippen molar-refractivity contribution in [3.8, 4) is 16.3 Å². The van der Waals surface area contributed by atoms with Crippen molar-refractivity contribution in [2.24, 2.45) is 0 Å². The van der Waals surface area contributed by atoms with Crippen molar-refractivity contribution in [1.82, 2.24) is 15.2 Å². The molecule has 4 rings (SSSR count). The van der Waals surface area contributed by atoms with Gasteiger partial charge in [0.05, 0.1) is 23.9 Å². The Morgan fingerprint density at radius 3 is 2.64 bits per heavy atom. The summed E-state index contributed by atoms with van der Waals surface area (Å²) in [5, 5.41) is 7.22. The second-order valence-electron chi connectivity index (χ2n) is 8.50. The molecule has 8 heteroatoms. The number of likely N-dealkylation sites (N-methyl/N-ethyl adjacent to an activating group) is 1. The SMILES string of the molecule is COc1ccc(CSCCN(C)CCNCC(=O)Nc2ccc3nc(-c4ccccc4)sc3c2)cc1. The van der Waals surface area contributed by atoms with Crippen molar-refractivity contribution in [1.29, 1.82) is 0 Å². The van der Waals surface area contributed by atoms with E-state index in [0.717, 1.165) is 63.4 Å². The first-order valence-electron chi connectivity index (χ1n) is 12.0. The topological polar surface area (TPSA) is 66.5 Å². The van der Waals surface area contributed by atoms with Gasteiger partial charge >= 0.3 is 0 Å². The molecule has 4 aromatic rings. The summed E-state index contributed by atoms with van der Waals surface area (Å²) in [6, 6.07) is 24.2. The molecule has 188 valence electrons. The number of amides is 1. The second kappa shape index (κ2) is 13.4. The number of nitrogens with one attached hydrogen (secondary N) is 2. The molecule has 0 bridgehead atoms. The quantitative estimate of drug-likeness (QED) is 0.231. The van der Waals surface area contributed by atoms with Gasteiger partial charge in [-0.25, -0.2) is 4.98 Å². The number of nitrogens with zero attached hydrogens (tertiary/aromatic N) is 2. The number of hydrogen-bond acceptors (Lipinski definition) is 7. The van der Waals surface area contributed by atoms with Crippen LogP contribution in [0.1, 0.15) is 5.56 Å². The van der Waals surface area contributed by atoms with Crippen LogP contribution in [0.5, 0.6) is 5.75 Å². The van der Waals surface area contributed by atoms with E-state index in [4.69, 9.17) is 9.72 Å². The van der Waals surface area contributed by atoms with Crippen molar-refractivity contribution in [3.63, 3.8) is 0 Å². The molecule has 36 heavy (non-hydrogen) atoms. The zero-order chi connectivity index (χ0) is 25.2. The van der Waals surface area contributed by atoms with E-state index in [1.807, 2.05) is 60.3 Å². The molecular formula is C28H32N4O2S2. The van der Waals surface area contributed by atoms with E-state index < -0.39 is 0 Å². The maximum atomic E-state index is 12.4. The molecule has 0 saturated heterocycles. The van der Waals surface area contributed by atoms with Crippen LogP contribution in [0, 0.1) is 0 Å². The molecule has 2 N–H and O–H groups in total. The van der Waals surface area contributed by atoms with Gasteiger partial charge in [0.1, 0.15) is 10.8 Å². The Labute approximate surface area is 221 Å². The molecule has 1 amide bonds. The van der Waals surface area contributed by atoms with Crippen LogP contribution in [-0.4, -0.2) is 61.9 Å². The molecule has 0 aliphatic heterocycles. The predicted octanol–water partition coefficient (Wildman–Crippen LogP) is 5.37. The monoisotopic (exact) mass is 520 g/mol. The Balaban J connectivity index is 1.12. The van der Waals surface area contributed by atoms with Crippen molar-refractivity contribution < 1.29 is 9.53 Å². The van der Waals surface area contributed by atoms with Gasteiger partial charge in [0.25, 0.3) is 0 Å². The number of carbonyl (C=O) groups is 1. The van der Waals surface area contributed by atoms with Gasteiger partial charge < -0.3 is 20.3 Å². The second-order valence-corrected chi connectivity index (χ2v) is 10.6. The van der Waals surface area contributed by atoms with E-state index in [1.54, 1.807) is 18.4 Å². The number of rotatable bonds is 13. The van der Waals surface area contributed by atoms with Crippen LogP contribution < -0.4 is 15.4 Å². The third-order valence-electron chi connectivity index (χ3n) is 5.69. The Hall–Kier alpha value is -2.91. The third kappa shape index (κ3) is 7.80. The van der Waals surface area contributed by atoms with Crippen molar-refractivity contribution in [2.75, 3.05) is 51.4 Å². The first-order valence-corrected chi connectivity index (χ1v) is 13.9. The lowest BCUT2D eigenvalue weighted by molar-refractivity contribution is -0.115. The highest BCUT2D eigenvalue weighted by Crippen LogP contribution is 2.31. The fraction of sp³-hybridized carbons (Fsp3) is 0.286. The maximum Gasteiger partial charge on any atom is 0.238 e. The smallest absolute Gasteiger partial charge is 0.238 e. The molecule has 0 unspecified atom stereocenters. The summed E-state index contributed by atoms with van der Waals surface area (Å²) < 4.78 is 6.26. The van der Waals surface area contributed by atoms with Gasteiger partial charge in [-0.05, 0) is 42.9 Å². The van der Waals surface area contributed by atoms with Crippen molar-refractivity contribution in [3.05, 3.63) is 78.4 Å². The van der Waals surface area contributed by atoms with Gasteiger partial charge in [-0.1, -0.05) is 42.5 Å². The largest absolute Gasteiger partial charge is 0.497 e. The van der Waals surface area contributed by atoms with E-state index in [2.05, 4.69) is 46.8 Å². The molecule has 0 fully saturated rings. The molecule has 0 atom stereocenters. The van der Waals surface area contributed by atoms with Crippen LogP contribution in [0.3, 0.4) is 0 Å². The van der Waals surface area contributed by atoms with Crippen LogP contribution >= 0.6 is 23.1 Å². The average Bonchev–Trinajstić information content (AvgIpc) is 3.33. The number of methoxy groups -OCH3 is 1. The Kier molecular flexibility index (Phi) is 9.75. The van der Waals surface area contributed by atoms with Crippen molar-refractivity contribution in [2.45, 2.75) is 5.75 Å². The normalized spacial score (nSPS) is 11.2. The first kappa shape index (κ1) is 26.2. The van der Waals surface area contributed by atoms with Gasteiger partial charge in [-0.3, -0.25) is 4.79 Å². The highest BCUT2D eigenvalue weighted by Gasteiger charge is 2.08. The number of hydrogen-bond donors (Lipinski definition) is 2. The van der Waals surface area contributed by atoms with Gasteiger partial charge in [-0.15, -0.1) is 11.3 Å². The highest BCUT2D eigenvalue weighted by atomic mass is 32.2. The molecule has 6 nitrogen and oxygen atoms in total. The van der Waals surface area contributed by atoms with E-state index in [1.165, 1.54) is 5.56 Å². The number of benzene rings is 3. The molecule has 0 aliphatic carbocycles. The standard InChI is InChI=1S/C28H32N4O2S2/c1-32(16-17-35-20-21-8-11-24(34-2)12-9-21)15-14-29-19-27(33)30-23-10-13-25-26(18-23)36-28(31-25)22-6-4-3-5-7-22/h3-13,18,29H,14-17,19-20H2,1-2H3,(H,30,33). The van der Waals surface area contributed by atoms with Crippen LogP contribution in [-0.2, 0) is 10.5 Å². The van der Waals surface area contributed by atoms with Gasteiger partial charge in [-0.2, -0.15) is 11.8 Å². The molecule has 0 aliphatic rings. The molecule has 0 spiro atoms. The van der Waals surface area contributed by atoms with Crippen LogP contribution in [0.4, 0.5) is 5.69 Å². The average molecular weight is 521 g/mol. The van der Waals surface area contributed by atoms with Gasteiger partial charge in [0, 0.05) is 42.4 Å². The Morgan fingerprint density at radius 1 is 1.06 bits per heavy atom. The number of ether oxygens (including phenoxy) is 1. The lowest BCUT2D eigenvalue weighted by Crippen LogP contribution is -2.35. The molecular weight excluding hydrogens is 488 g/mol. The zero-order valence-corrected chi connectivity index (χ0v) is 22.3. The number of thiazole rings is 1. The van der Waals surface area contributed by atoms with E-state index in [9.17, 15) is 4.79 Å². The molecule has 1 heterocycles. The maximum absolute atomic E-state index is 12.4. The van der Waals surface area contributed by atoms with E-state index in [0.29, 0.717) is 0 Å². The Bertz CT molecular complexity index is 1250. The minimum Gasteiger partial charge on any atom is -0.497 e. The molecule has 3 aromatic carbocycles. The fourth-order valence-corrected chi connectivity index (χ4v) is 5.65. The first-order chi connectivity index (χ1) is 17.6. The third-order valence-corrected chi connectivity index (χ3v) is 7.77. The van der Waals surface area contributed by atoms with E-state index >= 15 is 0 Å². The van der Waals surface area contributed by atoms with Crippen molar-refractivity contribution >= 4 is 44.9 Å². The van der Waals surface area contributed by atoms with Gasteiger partial charge in [0.2, 0.25) is 5.91 Å². The summed E-state index contributed by atoms with van der Waals surface area (Å²) >= 11 is 3.56. The van der Waals surface area contributed by atoms with E-state index in [-0.39, 0.29) is 12.5 Å². The summed E-state index contributed by atoms with van der Waals surface area (Å²) in [6.45, 7) is 2.96. The van der Waals surface area contributed by atoms with Crippen LogP contribution in [0.2, 0.25) is 0 Å². The lowest BCUT2D eigenvalue weighted by Gasteiger charge is -2.16. The predicted molar refractivity (Wildman–Crippen MR) is 153 cm³/mol. The molecule has 1 aromatic heterocycles. The summed E-state index contributed by atoms with van der Waals surface area (Å²) in [5.41, 5.74) is 4.15. The zero-order valence-electron chi connectivity index (χ0n) is 20.7. The number of thioether (sulfide) groups is 1. The minimum atomic E-state index is -0.0418. The number of carbonyl (C=O) groups excluding carboxylic acids is 1. The molecule has 0 saturated carbocycles. The number of aromatic nitrogens is 1. The number of anilines is 1. The minimum absolute atomic E-state index is 0.0418. The summed E-state index contributed by atoms with van der Waals surface area (Å²) in [4.78, 5) is 19.4. The lowest BCUT2D eigenvalue weighted by atomic mass is 10.2. The molecule has 0 radical (unpaired) electrons. The van der Waals surface area contributed by atoms with Gasteiger partial charge in [0.15, 0.2) is 0 Å². The summed E-state index contributed by atoms with van der Waals surface area (Å²) in [7, 11) is 3.80. The fourth-order valence-electron chi connectivity index (χ4n) is 3.63. The number of fused-ring (bicyclic) bond motifs is 1. The highest BCUT2D eigenvalue weighted by molar-refractivity contribution is 7.98. The summed E-state index contributed by atoms with van der Waals surface area (Å²) in [6.07, 6.45) is 0.